The molecular formula is C13H18ClF3N4O. The van der Waals surface area contributed by atoms with Crippen molar-refractivity contribution in [3.8, 4) is 0 Å². The summed E-state index contributed by atoms with van der Waals surface area (Å²) in [4.78, 5) is 12.4. The number of nitrogens with zero attached hydrogens (tertiary/aromatic N) is 3. The maximum Gasteiger partial charge on any atom is 0.408 e. The Bertz CT molecular complexity index is 526. The van der Waals surface area contributed by atoms with E-state index in [1.54, 1.807) is 11.7 Å². The molecule has 1 saturated heterocycles. The number of rotatable bonds is 3. The van der Waals surface area contributed by atoms with Gasteiger partial charge in [-0.3, -0.25) is 9.48 Å². The molecule has 1 aromatic rings. The van der Waals surface area contributed by atoms with Gasteiger partial charge in [0.1, 0.15) is 6.04 Å². The third-order valence-electron chi connectivity index (χ3n) is 3.93. The number of hydrogen-bond donors (Lipinski definition) is 1. The van der Waals surface area contributed by atoms with Gasteiger partial charge in [-0.1, -0.05) is 11.6 Å². The summed E-state index contributed by atoms with van der Waals surface area (Å²) >= 11 is 5.99. The van der Waals surface area contributed by atoms with Gasteiger partial charge in [-0.2, -0.15) is 18.3 Å². The minimum Gasteiger partial charge on any atom is -0.329 e. The Hall–Kier alpha value is -1.28. The zero-order valence-corrected chi connectivity index (χ0v) is 13.1. The Morgan fingerprint density at radius 1 is 1.50 bits per heavy atom. The van der Waals surface area contributed by atoms with Gasteiger partial charge in [-0.15, -0.1) is 0 Å². The number of carbonyl (C=O) groups excluding carboxylic acids is 1. The van der Waals surface area contributed by atoms with Gasteiger partial charge in [0.05, 0.1) is 16.9 Å². The number of alkyl halides is 3. The first-order valence-corrected chi connectivity index (χ1v) is 7.31. The molecule has 22 heavy (non-hydrogen) atoms. The second-order valence-corrected chi connectivity index (χ2v) is 5.85. The standard InChI is InChI=1S/C13H18ClF3N4O/c1-8(22)21-7-9(3-4-12(21)13(15,16)17)18-6-11-10(14)5-19-20(11)2/h5,9,12,18H,3-4,6-7H2,1-2H3. The van der Waals surface area contributed by atoms with Crippen LogP contribution in [0.25, 0.3) is 0 Å². The van der Waals surface area contributed by atoms with Crippen molar-refractivity contribution in [1.29, 1.82) is 0 Å². The van der Waals surface area contributed by atoms with Gasteiger partial charge in [-0.05, 0) is 12.8 Å². The number of hydrogen-bond acceptors (Lipinski definition) is 3. The van der Waals surface area contributed by atoms with Crippen molar-refractivity contribution in [2.45, 2.75) is 44.6 Å². The highest BCUT2D eigenvalue weighted by molar-refractivity contribution is 6.31. The Labute approximate surface area is 131 Å². The van der Waals surface area contributed by atoms with E-state index in [-0.39, 0.29) is 19.0 Å². The number of amides is 1. The lowest BCUT2D eigenvalue weighted by molar-refractivity contribution is -0.196. The highest BCUT2D eigenvalue weighted by Gasteiger charge is 2.47. The van der Waals surface area contributed by atoms with Crippen LogP contribution in [0.5, 0.6) is 0 Å². The largest absolute Gasteiger partial charge is 0.408 e. The molecular weight excluding hydrogens is 321 g/mol. The first-order chi connectivity index (χ1) is 10.2. The van der Waals surface area contributed by atoms with E-state index in [2.05, 4.69) is 10.4 Å². The van der Waals surface area contributed by atoms with Crippen molar-refractivity contribution in [2.24, 2.45) is 7.05 Å². The van der Waals surface area contributed by atoms with Crippen molar-refractivity contribution < 1.29 is 18.0 Å². The molecule has 1 N–H and O–H groups in total. The maximum absolute atomic E-state index is 13.0. The van der Waals surface area contributed by atoms with Gasteiger partial charge < -0.3 is 10.2 Å². The van der Waals surface area contributed by atoms with Gasteiger partial charge in [0, 0.05) is 33.1 Å². The summed E-state index contributed by atoms with van der Waals surface area (Å²) in [6.45, 7) is 1.59. The Balaban J connectivity index is 1.99. The van der Waals surface area contributed by atoms with E-state index in [1.165, 1.54) is 13.1 Å². The van der Waals surface area contributed by atoms with Crippen LogP contribution in [0.2, 0.25) is 5.02 Å². The number of likely N-dealkylation sites (tertiary alicyclic amines) is 1. The molecule has 1 aromatic heterocycles. The lowest BCUT2D eigenvalue weighted by Gasteiger charge is -2.40. The van der Waals surface area contributed by atoms with E-state index < -0.39 is 18.1 Å². The fourth-order valence-electron chi connectivity index (χ4n) is 2.70. The summed E-state index contributed by atoms with van der Waals surface area (Å²) < 4.78 is 40.5. The van der Waals surface area contributed by atoms with Gasteiger partial charge in [0.2, 0.25) is 5.91 Å². The second-order valence-electron chi connectivity index (χ2n) is 5.45. The van der Waals surface area contributed by atoms with E-state index in [1.807, 2.05) is 0 Å². The average molecular weight is 339 g/mol. The van der Waals surface area contributed by atoms with E-state index in [0.29, 0.717) is 18.0 Å². The highest BCUT2D eigenvalue weighted by Crippen LogP contribution is 2.32. The van der Waals surface area contributed by atoms with Gasteiger partial charge in [0.25, 0.3) is 0 Å². The van der Waals surface area contributed by atoms with Crippen LogP contribution in [-0.2, 0) is 18.4 Å². The monoisotopic (exact) mass is 338 g/mol. The topological polar surface area (TPSA) is 50.2 Å². The van der Waals surface area contributed by atoms with E-state index in [0.717, 1.165) is 10.6 Å². The predicted molar refractivity (Wildman–Crippen MR) is 75.3 cm³/mol. The molecule has 0 saturated carbocycles. The first kappa shape index (κ1) is 17.1. The highest BCUT2D eigenvalue weighted by atomic mass is 35.5. The van der Waals surface area contributed by atoms with Crippen LogP contribution in [0.3, 0.4) is 0 Å². The number of aryl methyl sites for hydroxylation is 1. The lowest BCUT2D eigenvalue weighted by atomic mass is 9.97. The molecule has 2 heterocycles. The molecule has 0 radical (unpaired) electrons. The quantitative estimate of drug-likeness (QED) is 0.918. The molecule has 2 unspecified atom stereocenters. The smallest absolute Gasteiger partial charge is 0.329 e. The molecule has 2 atom stereocenters. The normalized spacial score (nSPS) is 22.9. The maximum atomic E-state index is 13.0. The van der Waals surface area contributed by atoms with Gasteiger partial charge >= 0.3 is 6.18 Å². The Morgan fingerprint density at radius 3 is 2.68 bits per heavy atom. The molecule has 9 heteroatoms. The fraction of sp³-hybridized carbons (Fsp3) is 0.692. The zero-order chi connectivity index (χ0) is 16.5. The van der Waals surface area contributed by atoms with Crippen LogP contribution in [-0.4, -0.2) is 45.4 Å². The van der Waals surface area contributed by atoms with Crippen molar-refractivity contribution in [1.82, 2.24) is 20.0 Å². The van der Waals surface area contributed by atoms with Gasteiger partial charge in [0.15, 0.2) is 0 Å². The predicted octanol–water partition coefficient (Wildman–Crippen LogP) is 2.10. The van der Waals surface area contributed by atoms with Crippen molar-refractivity contribution >= 4 is 17.5 Å². The third-order valence-corrected chi connectivity index (χ3v) is 4.25. The Morgan fingerprint density at radius 2 is 2.18 bits per heavy atom. The summed E-state index contributed by atoms with van der Waals surface area (Å²) in [6.07, 6.45) is -2.62. The number of aromatic nitrogens is 2. The molecule has 1 amide bonds. The van der Waals surface area contributed by atoms with Crippen LogP contribution in [0.1, 0.15) is 25.5 Å². The van der Waals surface area contributed by atoms with E-state index in [9.17, 15) is 18.0 Å². The molecule has 0 spiro atoms. The molecule has 0 aliphatic carbocycles. The summed E-state index contributed by atoms with van der Waals surface area (Å²) in [6, 6.07) is -1.89. The minimum atomic E-state index is -4.39. The number of nitrogens with one attached hydrogen (secondary N) is 1. The summed E-state index contributed by atoms with van der Waals surface area (Å²) in [5.74, 6) is -0.563. The molecule has 1 aliphatic rings. The fourth-order valence-corrected chi connectivity index (χ4v) is 2.93. The van der Waals surface area contributed by atoms with Crippen molar-refractivity contribution in [2.75, 3.05) is 6.54 Å². The van der Waals surface area contributed by atoms with Crippen molar-refractivity contribution in [3.63, 3.8) is 0 Å². The molecule has 1 aliphatic heterocycles. The molecule has 5 nitrogen and oxygen atoms in total. The molecule has 0 aromatic carbocycles. The van der Waals surface area contributed by atoms with E-state index >= 15 is 0 Å². The van der Waals surface area contributed by atoms with Gasteiger partial charge in [-0.25, -0.2) is 0 Å². The molecule has 2 rings (SSSR count). The number of piperidine rings is 1. The van der Waals surface area contributed by atoms with Crippen LogP contribution < -0.4 is 5.32 Å². The first-order valence-electron chi connectivity index (χ1n) is 6.93. The third kappa shape index (κ3) is 3.73. The number of halogens is 4. The summed E-state index contributed by atoms with van der Waals surface area (Å²) in [5, 5.41) is 7.66. The average Bonchev–Trinajstić information content (AvgIpc) is 2.74. The van der Waals surface area contributed by atoms with Crippen LogP contribution in [0, 0.1) is 0 Å². The zero-order valence-electron chi connectivity index (χ0n) is 12.3. The summed E-state index contributed by atoms with van der Waals surface area (Å²) in [5.41, 5.74) is 0.758. The SMILES string of the molecule is CC(=O)N1CC(NCc2c(Cl)cnn2C)CCC1C(F)(F)F. The minimum absolute atomic E-state index is 0.0367. The summed E-state index contributed by atoms with van der Waals surface area (Å²) in [7, 11) is 1.74. The molecule has 124 valence electrons. The molecule has 0 bridgehead atoms. The van der Waals surface area contributed by atoms with Crippen molar-refractivity contribution in [3.05, 3.63) is 16.9 Å². The number of carbonyl (C=O) groups is 1. The lowest BCUT2D eigenvalue weighted by Crippen LogP contribution is -2.57. The van der Waals surface area contributed by atoms with Crippen LogP contribution in [0.15, 0.2) is 6.20 Å². The van der Waals surface area contributed by atoms with Crippen LogP contribution >= 0.6 is 11.6 Å². The van der Waals surface area contributed by atoms with Crippen LogP contribution in [0.4, 0.5) is 13.2 Å². The Kier molecular flexibility index (Phi) is 5.01. The molecule has 1 fully saturated rings. The van der Waals surface area contributed by atoms with E-state index in [4.69, 9.17) is 11.6 Å². The second kappa shape index (κ2) is 6.45.